The average Bonchev–Trinajstić information content (AvgIpc) is 3.00. The Hall–Kier alpha value is -2.95. The zero-order valence-corrected chi connectivity index (χ0v) is 10.9. The van der Waals surface area contributed by atoms with E-state index in [4.69, 9.17) is 4.52 Å². The molecule has 0 fully saturated rings. The van der Waals surface area contributed by atoms with E-state index in [1.165, 1.54) is 18.2 Å². The van der Waals surface area contributed by atoms with E-state index in [2.05, 4.69) is 10.5 Å². The van der Waals surface area contributed by atoms with Crippen molar-refractivity contribution in [3.63, 3.8) is 0 Å². The van der Waals surface area contributed by atoms with Crippen LogP contribution in [0.4, 0.5) is 10.1 Å². The van der Waals surface area contributed by atoms with Gasteiger partial charge in [0, 0.05) is 11.6 Å². The molecular weight excluding hydrogens is 271 g/mol. The van der Waals surface area contributed by atoms with Gasteiger partial charge in [-0.05, 0) is 12.1 Å². The molecule has 104 valence electrons. The average molecular weight is 282 g/mol. The lowest BCUT2D eigenvalue weighted by Crippen LogP contribution is -2.13. The van der Waals surface area contributed by atoms with Crippen molar-refractivity contribution >= 4 is 11.6 Å². The standard InChI is InChI=1S/C16H11FN2O2/c17-12-8-4-5-9-13(12)18-16(20)14-10-15(21-19-14)11-6-2-1-3-7-11/h1-10H,(H,18,20). The highest BCUT2D eigenvalue weighted by Gasteiger charge is 2.15. The van der Waals surface area contributed by atoms with Gasteiger partial charge in [0.25, 0.3) is 5.91 Å². The van der Waals surface area contributed by atoms with Crippen LogP contribution in [0, 0.1) is 5.82 Å². The molecule has 3 aromatic rings. The molecule has 1 aromatic heterocycles. The first-order chi connectivity index (χ1) is 10.2. The summed E-state index contributed by atoms with van der Waals surface area (Å²) in [6, 6.07) is 16.7. The molecule has 1 heterocycles. The van der Waals surface area contributed by atoms with Crippen LogP contribution >= 0.6 is 0 Å². The lowest BCUT2D eigenvalue weighted by molar-refractivity contribution is 0.101. The number of hydrogen-bond donors (Lipinski definition) is 1. The highest BCUT2D eigenvalue weighted by atomic mass is 19.1. The van der Waals surface area contributed by atoms with E-state index in [9.17, 15) is 9.18 Å². The minimum atomic E-state index is -0.522. The molecule has 5 heteroatoms. The first-order valence-electron chi connectivity index (χ1n) is 6.32. The van der Waals surface area contributed by atoms with Crippen LogP contribution in [0.5, 0.6) is 0 Å². The molecule has 0 radical (unpaired) electrons. The number of aromatic nitrogens is 1. The van der Waals surface area contributed by atoms with Crippen LogP contribution in [0.25, 0.3) is 11.3 Å². The van der Waals surface area contributed by atoms with E-state index in [1.807, 2.05) is 30.3 Å². The summed E-state index contributed by atoms with van der Waals surface area (Å²) in [4.78, 5) is 12.0. The Morgan fingerprint density at radius 2 is 1.76 bits per heavy atom. The summed E-state index contributed by atoms with van der Waals surface area (Å²) in [5.41, 5.74) is 1.01. The number of carbonyl (C=O) groups excluding carboxylic acids is 1. The Morgan fingerprint density at radius 1 is 1.05 bits per heavy atom. The van der Waals surface area contributed by atoms with Gasteiger partial charge < -0.3 is 9.84 Å². The first-order valence-corrected chi connectivity index (χ1v) is 6.32. The molecule has 0 atom stereocenters. The zero-order valence-electron chi connectivity index (χ0n) is 10.9. The van der Waals surface area contributed by atoms with Gasteiger partial charge in [0.15, 0.2) is 11.5 Å². The predicted molar refractivity (Wildman–Crippen MR) is 76.3 cm³/mol. The Bertz CT molecular complexity index is 769. The maximum atomic E-state index is 13.5. The third-order valence-electron chi connectivity index (χ3n) is 2.92. The van der Waals surface area contributed by atoms with E-state index in [-0.39, 0.29) is 11.4 Å². The number of hydrogen-bond acceptors (Lipinski definition) is 3. The van der Waals surface area contributed by atoms with E-state index >= 15 is 0 Å². The molecule has 0 saturated carbocycles. The second-order valence-electron chi connectivity index (χ2n) is 4.38. The van der Waals surface area contributed by atoms with Crippen LogP contribution in [0.15, 0.2) is 65.2 Å². The molecule has 0 unspecified atom stereocenters. The molecule has 0 aliphatic carbocycles. The number of benzene rings is 2. The highest BCUT2D eigenvalue weighted by Crippen LogP contribution is 2.20. The van der Waals surface area contributed by atoms with Gasteiger partial charge in [-0.1, -0.05) is 47.6 Å². The van der Waals surface area contributed by atoms with Gasteiger partial charge in [0.2, 0.25) is 0 Å². The van der Waals surface area contributed by atoms with Crippen molar-refractivity contribution in [3.8, 4) is 11.3 Å². The van der Waals surface area contributed by atoms with Gasteiger partial charge in [-0.2, -0.15) is 0 Å². The summed E-state index contributed by atoms with van der Waals surface area (Å²) >= 11 is 0. The number of carbonyl (C=O) groups is 1. The molecule has 4 nitrogen and oxygen atoms in total. The van der Waals surface area contributed by atoms with Crippen molar-refractivity contribution in [2.24, 2.45) is 0 Å². The van der Waals surface area contributed by atoms with Gasteiger partial charge in [-0.3, -0.25) is 4.79 Å². The van der Waals surface area contributed by atoms with E-state index in [0.29, 0.717) is 5.76 Å². The molecule has 0 aliphatic rings. The quantitative estimate of drug-likeness (QED) is 0.796. The molecule has 0 bridgehead atoms. The second-order valence-corrected chi connectivity index (χ2v) is 4.38. The number of halogens is 1. The monoisotopic (exact) mass is 282 g/mol. The van der Waals surface area contributed by atoms with Crippen LogP contribution in [0.3, 0.4) is 0 Å². The molecule has 1 N–H and O–H groups in total. The van der Waals surface area contributed by atoms with E-state index < -0.39 is 11.7 Å². The third-order valence-corrected chi connectivity index (χ3v) is 2.92. The molecule has 21 heavy (non-hydrogen) atoms. The van der Waals surface area contributed by atoms with E-state index in [0.717, 1.165) is 5.56 Å². The fraction of sp³-hybridized carbons (Fsp3) is 0. The maximum absolute atomic E-state index is 13.5. The number of anilines is 1. The number of para-hydroxylation sites is 1. The van der Waals surface area contributed by atoms with Gasteiger partial charge in [-0.25, -0.2) is 4.39 Å². The minimum absolute atomic E-state index is 0.0945. The van der Waals surface area contributed by atoms with Crippen LogP contribution in [0.2, 0.25) is 0 Å². The molecule has 0 spiro atoms. The summed E-state index contributed by atoms with van der Waals surface area (Å²) in [5.74, 6) is -0.544. The van der Waals surface area contributed by atoms with Crippen LogP contribution in [-0.2, 0) is 0 Å². The highest BCUT2D eigenvalue weighted by molar-refractivity contribution is 6.03. The third kappa shape index (κ3) is 2.81. The SMILES string of the molecule is O=C(Nc1ccccc1F)c1cc(-c2ccccc2)on1. The van der Waals surface area contributed by atoms with Gasteiger partial charge in [0.05, 0.1) is 5.69 Å². The van der Waals surface area contributed by atoms with Gasteiger partial charge >= 0.3 is 0 Å². The van der Waals surface area contributed by atoms with Crippen LogP contribution in [0.1, 0.15) is 10.5 Å². The maximum Gasteiger partial charge on any atom is 0.277 e. The number of nitrogens with one attached hydrogen (secondary N) is 1. The molecule has 0 saturated heterocycles. The summed E-state index contributed by atoms with van der Waals surface area (Å²) in [6.07, 6.45) is 0. The van der Waals surface area contributed by atoms with Crippen LogP contribution in [-0.4, -0.2) is 11.1 Å². The Kier molecular flexibility index (Phi) is 3.47. The number of nitrogens with zero attached hydrogens (tertiary/aromatic N) is 1. The lowest BCUT2D eigenvalue weighted by atomic mass is 10.1. The predicted octanol–water partition coefficient (Wildman–Crippen LogP) is 3.73. The van der Waals surface area contributed by atoms with Crippen LogP contribution < -0.4 is 5.32 Å². The van der Waals surface area contributed by atoms with Crippen molar-refractivity contribution in [3.05, 3.63) is 72.2 Å². The van der Waals surface area contributed by atoms with Crippen molar-refractivity contribution < 1.29 is 13.7 Å². The van der Waals surface area contributed by atoms with Crippen molar-refractivity contribution in [1.29, 1.82) is 0 Å². The zero-order chi connectivity index (χ0) is 14.7. The second kappa shape index (κ2) is 5.58. The minimum Gasteiger partial charge on any atom is -0.355 e. The molecule has 0 aliphatic heterocycles. The van der Waals surface area contributed by atoms with Crippen molar-refractivity contribution in [2.75, 3.05) is 5.32 Å². The largest absolute Gasteiger partial charge is 0.355 e. The topological polar surface area (TPSA) is 55.1 Å². The first kappa shape index (κ1) is 13.1. The Labute approximate surface area is 120 Å². The molecule has 1 amide bonds. The normalized spacial score (nSPS) is 10.3. The number of amides is 1. The fourth-order valence-electron chi connectivity index (χ4n) is 1.87. The van der Waals surface area contributed by atoms with E-state index in [1.54, 1.807) is 12.1 Å². The summed E-state index contributed by atoms with van der Waals surface area (Å²) in [7, 11) is 0. The fourth-order valence-corrected chi connectivity index (χ4v) is 1.87. The Balaban J connectivity index is 1.80. The summed E-state index contributed by atoms with van der Waals surface area (Å²) < 4.78 is 18.6. The molecule has 2 aromatic carbocycles. The van der Waals surface area contributed by atoms with Crippen molar-refractivity contribution in [1.82, 2.24) is 5.16 Å². The number of rotatable bonds is 3. The molecular formula is C16H11FN2O2. The van der Waals surface area contributed by atoms with Gasteiger partial charge in [-0.15, -0.1) is 0 Å². The summed E-state index contributed by atoms with van der Waals surface area (Å²) in [5, 5.41) is 6.16. The van der Waals surface area contributed by atoms with Gasteiger partial charge in [0.1, 0.15) is 5.82 Å². The lowest BCUT2D eigenvalue weighted by Gasteiger charge is -2.02. The molecule has 3 rings (SSSR count). The smallest absolute Gasteiger partial charge is 0.277 e. The van der Waals surface area contributed by atoms with Crippen molar-refractivity contribution in [2.45, 2.75) is 0 Å². The Morgan fingerprint density at radius 3 is 2.52 bits per heavy atom. The summed E-state index contributed by atoms with van der Waals surface area (Å²) in [6.45, 7) is 0.